The van der Waals surface area contributed by atoms with E-state index in [1.165, 1.54) is 11.1 Å². The molecule has 1 saturated carbocycles. The Bertz CT molecular complexity index is 1420. The van der Waals surface area contributed by atoms with E-state index in [1.807, 2.05) is 31.9 Å². The third-order valence-electron chi connectivity index (χ3n) is 7.87. The van der Waals surface area contributed by atoms with Crippen LogP contribution in [-0.2, 0) is 17.8 Å². The highest BCUT2D eigenvalue weighted by atomic mass is 16.2. The first-order valence-corrected chi connectivity index (χ1v) is 14.5. The van der Waals surface area contributed by atoms with Crippen LogP contribution in [0.15, 0.2) is 18.3 Å². The van der Waals surface area contributed by atoms with Crippen LogP contribution in [0.5, 0.6) is 0 Å². The highest BCUT2D eigenvalue weighted by Crippen LogP contribution is 2.34. The highest BCUT2D eigenvalue weighted by Gasteiger charge is 2.33. The Morgan fingerprint density at radius 2 is 1.95 bits per heavy atom. The zero-order chi connectivity index (χ0) is 30.3. The van der Waals surface area contributed by atoms with Crippen molar-refractivity contribution in [2.45, 2.75) is 64.5 Å². The average molecular weight is 571 g/mol. The lowest BCUT2D eigenvalue weighted by Crippen LogP contribution is -2.48. The molecule has 220 valence electrons. The fourth-order valence-electron chi connectivity index (χ4n) is 5.62. The van der Waals surface area contributed by atoms with Gasteiger partial charge >= 0.3 is 6.03 Å². The SMILES string of the molecule is C#CC1(Nc2cc(NC(=O)N3CCCc4cc(CN5CCN(C)CC5=O)c(C=O)nc43)ncc2C#N)CCCC1.CC. The summed E-state index contributed by atoms with van der Waals surface area (Å²) < 4.78 is 0. The van der Waals surface area contributed by atoms with Crippen LogP contribution in [0.4, 0.5) is 22.1 Å². The van der Waals surface area contributed by atoms with E-state index in [2.05, 4.69) is 32.6 Å². The molecule has 0 unspecified atom stereocenters. The van der Waals surface area contributed by atoms with Gasteiger partial charge in [0.25, 0.3) is 0 Å². The summed E-state index contributed by atoms with van der Waals surface area (Å²) in [7, 11) is 1.90. The van der Waals surface area contributed by atoms with Crippen molar-refractivity contribution in [3.05, 3.63) is 40.7 Å². The molecule has 5 rings (SSSR count). The summed E-state index contributed by atoms with van der Waals surface area (Å²) in [5.41, 5.74) is 2.07. The number of carbonyl (C=O) groups excluding carboxylic acids is 3. The maximum absolute atomic E-state index is 13.4. The summed E-state index contributed by atoms with van der Waals surface area (Å²) in [4.78, 5) is 51.9. The number of amides is 3. The number of rotatable bonds is 6. The maximum atomic E-state index is 13.4. The van der Waals surface area contributed by atoms with Crippen LogP contribution in [0, 0.1) is 23.7 Å². The van der Waals surface area contributed by atoms with Crippen LogP contribution in [0.2, 0.25) is 0 Å². The van der Waals surface area contributed by atoms with Crippen molar-refractivity contribution < 1.29 is 14.4 Å². The number of nitrogens with zero attached hydrogens (tertiary/aromatic N) is 6. The van der Waals surface area contributed by atoms with E-state index in [0.29, 0.717) is 67.9 Å². The minimum absolute atomic E-state index is 0.00851. The average Bonchev–Trinajstić information content (AvgIpc) is 3.48. The summed E-state index contributed by atoms with van der Waals surface area (Å²) in [5, 5.41) is 15.8. The topological polar surface area (TPSA) is 135 Å². The van der Waals surface area contributed by atoms with Crippen LogP contribution in [0.25, 0.3) is 0 Å². The molecular formula is C31H38N8O3. The van der Waals surface area contributed by atoms with Crippen molar-refractivity contribution in [3.8, 4) is 18.4 Å². The molecule has 0 radical (unpaired) electrons. The molecule has 0 aromatic carbocycles. The monoisotopic (exact) mass is 570 g/mol. The van der Waals surface area contributed by atoms with Crippen molar-refractivity contribution in [2.75, 3.05) is 48.8 Å². The first kappa shape index (κ1) is 30.5. The molecule has 2 fully saturated rings. The van der Waals surface area contributed by atoms with E-state index in [1.54, 1.807) is 11.0 Å². The standard InChI is InChI=1S/C29H32N8O3.C2H6/c1-3-29(8-4-5-9-29)34-23-14-25(31-16-22(23)15-30)33-28(40)37-10-6-7-20-13-21(24(19-38)32-27(20)37)17-36-12-11-35(2)18-26(36)39;1-2/h1,13-14,16,19H,4-12,17-18H2,2H3,(H2,31,33,34,40);1-2H3. The van der Waals surface area contributed by atoms with Gasteiger partial charge < -0.3 is 10.2 Å². The van der Waals surface area contributed by atoms with Gasteiger partial charge in [-0.15, -0.1) is 6.42 Å². The molecule has 3 amide bonds. The first-order chi connectivity index (χ1) is 20.3. The second kappa shape index (κ2) is 13.5. The molecule has 4 heterocycles. The van der Waals surface area contributed by atoms with Crippen molar-refractivity contribution in [1.29, 1.82) is 5.26 Å². The Morgan fingerprint density at radius 1 is 1.19 bits per heavy atom. The predicted octanol–water partition coefficient (Wildman–Crippen LogP) is 3.80. The fraction of sp³-hybridized carbons (Fsp3) is 0.484. The van der Waals surface area contributed by atoms with Gasteiger partial charge in [0, 0.05) is 44.0 Å². The number of aromatic nitrogens is 2. The molecule has 1 aliphatic carbocycles. The molecule has 3 aliphatic rings. The number of nitrogens with one attached hydrogen (secondary N) is 2. The number of likely N-dealkylation sites (N-methyl/N-ethyl adjacent to an activating group) is 1. The van der Waals surface area contributed by atoms with Crippen LogP contribution in [0.3, 0.4) is 0 Å². The largest absolute Gasteiger partial charge is 0.368 e. The summed E-state index contributed by atoms with van der Waals surface area (Å²) in [5.74, 6) is 3.55. The molecule has 2 aromatic rings. The summed E-state index contributed by atoms with van der Waals surface area (Å²) in [6, 6.07) is 5.20. The second-order valence-electron chi connectivity index (χ2n) is 10.7. The summed E-state index contributed by atoms with van der Waals surface area (Å²) >= 11 is 0. The van der Waals surface area contributed by atoms with E-state index >= 15 is 0 Å². The smallest absolute Gasteiger partial charge is 0.328 e. The number of pyridine rings is 2. The molecule has 2 aliphatic heterocycles. The molecule has 0 bridgehead atoms. The number of nitriles is 1. The van der Waals surface area contributed by atoms with E-state index in [4.69, 9.17) is 6.42 Å². The van der Waals surface area contributed by atoms with Crippen molar-refractivity contribution in [2.24, 2.45) is 0 Å². The van der Waals surface area contributed by atoms with Gasteiger partial charge in [-0.1, -0.05) is 19.8 Å². The number of piperazine rings is 1. The number of anilines is 3. The lowest BCUT2D eigenvalue weighted by Gasteiger charge is -2.33. The van der Waals surface area contributed by atoms with Gasteiger partial charge in [-0.3, -0.25) is 24.7 Å². The van der Waals surface area contributed by atoms with Crippen LogP contribution >= 0.6 is 0 Å². The number of fused-ring (bicyclic) bond motifs is 1. The Kier molecular flexibility index (Phi) is 9.76. The maximum Gasteiger partial charge on any atom is 0.328 e. The quantitative estimate of drug-likeness (QED) is 0.396. The Hall–Kier alpha value is -4.48. The Balaban J connectivity index is 0.00000198. The molecule has 11 heteroatoms. The van der Waals surface area contributed by atoms with Crippen LogP contribution in [-0.4, -0.2) is 76.8 Å². The number of aldehydes is 1. The number of aryl methyl sites for hydroxylation is 1. The normalized spacial score (nSPS) is 17.7. The third-order valence-corrected chi connectivity index (χ3v) is 7.87. The first-order valence-electron chi connectivity index (χ1n) is 14.5. The van der Waals surface area contributed by atoms with Gasteiger partial charge in [0.1, 0.15) is 23.4 Å². The fourth-order valence-corrected chi connectivity index (χ4v) is 5.62. The van der Waals surface area contributed by atoms with Gasteiger partial charge in [-0.05, 0) is 57.2 Å². The Labute approximate surface area is 247 Å². The molecule has 2 aromatic heterocycles. The molecule has 0 spiro atoms. The van der Waals surface area contributed by atoms with Crippen LogP contribution < -0.4 is 15.5 Å². The molecule has 11 nitrogen and oxygen atoms in total. The minimum atomic E-state index is -0.526. The van der Waals surface area contributed by atoms with Crippen molar-refractivity contribution >= 4 is 35.5 Å². The zero-order valence-corrected chi connectivity index (χ0v) is 24.6. The Morgan fingerprint density at radius 3 is 2.62 bits per heavy atom. The molecule has 0 atom stereocenters. The lowest BCUT2D eigenvalue weighted by atomic mass is 9.98. The number of terminal acetylenes is 1. The minimum Gasteiger partial charge on any atom is -0.368 e. The molecule has 42 heavy (non-hydrogen) atoms. The van der Waals surface area contributed by atoms with Crippen molar-refractivity contribution in [3.63, 3.8) is 0 Å². The molecule has 2 N–H and O–H groups in total. The van der Waals surface area contributed by atoms with Gasteiger partial charge in [-0.2, -0.15) is 5.26 Å². The van der Waals surface area contributed by atoms with E-state index < -0.39 is 11.6 Å². The van der Waals surface area contributed by atoms with Crippen molar-refractivity contribution in [1.82, 2.24) is 19.8 Å². The highest BCUT2D eigenvalue weighted by molar-refractivity contribution is 6.02. The van der Waals surface area contributed by atoms with Gasteiger partial charge in [-0.25, -0.2) is 14.8 Å². The van der Waals surface area contributed by atoms with Crippen LogP contribution in [0.1, 0.15) is 73.1 Å². The molecular weight excluding hydrogens is 532 g/mol. The zero-order valence-electron chi connectivity index (χ0n) is 24.6. The second-order valence-corrected chi connectivity index (χ2v) is 10.7. The number of urea groups is 1. The predicted molar refractivity (Wildman–Crippen MR) is 161 cm³/mol. The number of hydrogen-bond acceptors (Lipinski definition) is 8. The molecule has 1 saturated heterocycles. The summed E-state index contributed by atoms with van der Waals surface area (Å²) in [6.07, 6.45) is 12.9. The van der Waals surface area contributed by atoms with E-state index in [-0.39, 0.29) is 17.4 Å². The van der Waals surface area contributed by atoms with E-state index in [0.717, 1.165) is 37.8 Å². The number of hydrogen-bond donors (Lipinski definition) is 2. The lowest BCUT2D eigenvalue weighted by molar-refractivity contribution is -0.136. The van der Waals surface area contributed by atoms with E-state index in [9.17, 15) is 19.6 Å². The number of carbonyl (C=O) groups is 3. The van der Waals surface area contributed by atoms with Gasteiger partial charge in [0.05, 0.1) is 23.3 Å². The van der Waals surface area contributed by atoms with Gasteiger partial charge in [0.2, 0.25) is 5.91 Å². The van der Waals surface area contributed by atoms with Gasteiger partial charge in [0.15, 0.2) is 6.29 Å². The third kappa shape index (κ3) is 6.53. The summed E-state index contributed by atoms with van der Waals surface area (Å²) in [6.45, 7) is 6.40.